The van der Waals surface area contributed by atoms with Crippen molar-refractivity contribution in [3.63, 3.8) is 0 Å². The van der Waals surface area contributed by atoms with Crippen molar-refractivity contribution in [2.75, 3.05) is 0 Å². The fourth-order valence-electron chi connectivity index (χ4n) is 4.39. The summed E-state index contributed by atoms with van der Waals surface area (Å²) in [6, 6.07) is 15.4. The van der Waals surface area contributed by atoms with E-state index in [9.17, 15) is 15.8 Å². The van der Waals surface area contributed by atoms with E-state index < -0.39 is 28.6 Å². The lowest BCUT2D eigenvalue weighted by Crippen LogP contribution is -2.61. The molecule has 2 aliphatic heterocycles. The van der Waals surface area contributed by atoms with Crippen LogP contribution in [0.2, 0.25) is 0 Å². The molecule has 6 nitrogen and oxygen atoms in total. The molecular weight excluding hydrogens is 328 g/mol. The molecule has 26 heavy (non-hydrogen) atoms. The number of hydrogen-bond donors (Lipinski definition) is 1. The van der Waals surface area contributed by atoms with Crippen LogP contribution in [0.4, 0.5) is 0 Å². The van der Waals surface area contributed by atoms with Crippen molar-refractivity contribution < 1.29 is 9.47 Å². The number of nitrogens with one attached hydrogen (secondary N) is 1. The summed E-state index contributed by atoms with van der Waals surface area (Å²) in [5, 5.41) is 38.7. The molecule has 1 N–H and O–H groups in total. The van der Waals surface area contributed by atoms with E-state index >= 15 is 0 Å². The van der Waals surface area contributed by atoms with E-state index in [0.29, 0.717) is 12.0 Å². The van der Waals surface area contributed by atoms with Crippen molar-refractivity contribution in [2.24, 2.45) is 16.7 Å². The Kier molecular flexibility index (Phi) is 4.02. The minimum absolute atomic E-state index is 0.141. The van der Waals surface area contributed by atoms with Crippen LogP contribution in [0.5, 0.6) is 0 Å². The quantitative estimate of drug-likeness (QED) is 0.898. The van der Waals surface area contributed by atoms with Gasteiger partial charge in [0.15, 0.2) is 10.8 Å². The van der Waals surface area contributed by atoms with Gasteiger partial charge in [-0.15, -0.1) is 0 Å². The van der Waals surface area contributed by atoms with Crippen LogP contribution in [-0.2, 0) is 9.47 Å². The van der Waals surface area contributed by atoms with Gasteiger partial charge < -0.3 is 9.47 Å². The molecule has 4 atom stereocenters. The molecule has 0 aromatic heterocycles. The van der Waals surface area contributed by atoms with Gasteiger partial charge >= 0.3 is 0 Å². The highest BCUT2D eigenvalue weighted by Gasteiger charge is 2.79. The largest absolute Gasteiger partial charge is 0.447 e. The van der Waals surface area contributed by atoms with Crippen molar-refractivity contribution >= 4 is 5.90 Å². The predicted molar refractivity (Wildman–Crippen MR) is 92.4 cm³/mol. The van der Waals surface area contributed by atoms with Gasteiger partial charge in [0.25, 0.3) is 0 Å². The monoisotopic (exact) mass is 348 g/mol. The molecule has 0 saturated carbocycles. The Morgan fingerprint density at radius 1 is 1.12 bits per heavy atom. The smallest absolute Gasteiger partial charge is 0.218 e. The Hall–Kier alpha value is -2.88. The van der Waals surface area contributed by atoms with Crippen LogP contribution >= 0.6 is 0 Å². The summed E-state index contributed by atoms with van der Waals surface area (Å²) in [6.07, 6.45) is -0.414. The van der Waals surface area contributed by atoms with Crippen molar-refractivity contribution in [1.82, 2.24) is 0 Å². The van der Waals surface area contributed by atoms with Crippen LogP contribution in [0.3, 0.4) is 0 Å². The van der Waals surface area contributed by atoms with Crippen LogP contribution in [0.15, 0.2) is 30.3 Å². The molecule has 2 saturated heterocycles. The van der Waals surface area contributed by atoms with E-state index in [1.165, 1.54) is 0 Å². The molecular formula is C20H20N4O2. The summed E-state index contributed by atoms with van der Waals surface area (Å²) in [5.41, 5.74) is -2.86. The summed E-state index contributed by atoms with van der Waals surface area (Å²) in [4.78, 5) is 0. The fraction of sp³-hybridized carbons (Fsp3) is 0.500. The lowest BCUT2D eigenvalue weighted by Gasteiger charge is -2.49. The molecule has 3 rings (SSSR count). The van der Waals surface area contributed by atoms with Crippen molar-refractivity contribution in [2.45, 2.75) is 45.0 Å². The van der Waals surface area contributed by atoms with Crippen LogP contribution in [0, 0.1) is 56.2 Å². The second-order valence-electron chi connectivity index (χ2n) is 7.48. The van der Waals surface area contributed by atoms with Crippen molar-refractivity contribution in [3.05, 3.63) is 35.9 Å². The second kappa shape index (κ2) is 5.84. The maximum atomic E-state index is 10.2. The zero-order chi connectivity index (χ0) is 19.2. The van der Waals surface area contributed by atoms with Crippen LogP contribution in [-0.4, -0.2) is 17.8 Å². The molecule has 2 fully saturated rings. The van der Waals surface area contributed by atoms with Gasteiger partial charge in [-0.3, -0.25) is 5.41 Å². The summed E-state index contributed by atoms with van der Waals surface area (Å²) in [5.74, 6) is -2.27. The first-order chi connectivity index (χ1) is 12.3. The Labute approximate surface area is 153 Å². The normalized spacial score (nSPS) is 34.4. The van der Waals surface area contributed by atoms with Gasteiger partial charge in [0.05, 0.1) is 30.2 Å². The van der Waals surface area contributed by atoms with Gasteiger partial charge in [-0.05, 0) is 17.9 Å². The Morgan fingerprint density at radius 2 is 1.73 bits per heavy atom. The zero-order valence-electron chi connectivity index (χ0n) is 15.0. The summed E-state index contributed by atoms with van der Waals surface area (Å²) in [6.45, 7) is 5.60. The zero-order valence-corrected chi connectivity index (χ0v) is 15.0. The first-order valence-corrected chi connectivity index (χ1v) is 8.56. The molecule has 1 aromatic rings. The van der Waals surface area contributed by atoms with E-state index in [2.05, 4.69) is 18.2 Å². The first kappa shape index (κ1) is 17.9. The fourth-order valence-corrected chi connectivity index (χ4v) is 4.39. The second-order valence-corrected chi connectivity index (χ2v) is 7.48. The van der Waals surface area contributed by atoms with Crippen molar-refractivity contribution in [1.29, 1.82) is 21.2 Å². The number of benzene rings is 1. The molecule has 2 aliphatic rings. The molecule has 4 unspecified atom stereocenters. The predicted octanol–water partition coefficient (Wildman–Crippen LogP) is 3.48. The average molecular weight is 348 g/mol. The SMILES string of the molecule is CC(C)CC1OC2(C)OC(=N)C(C#N)(C2c2ccccc2)C1(C#N)C#N. The van der Waals surface area contributed by atoms with Gasteiger partial charge in [0, 0.05) is 6.92 Å². The third-order valence-corrected chi connectivity index (χ3v) is 5.45. The molecule has 0 radical (unpaired) electrons. The van der Waals surface area contributed by atoms with E-state index in [1.807, 2.05) is 44.2 Å². The number of ether oxygens (including phenoxy) is 2. The third-order valence-electron chi connectivity index (χ3n) is 5.45. The maximum Gasteiger partial charge on any atom is 0.218 e. The molecule has 0 aliphatic carbocycles. The van der Waals surface area contributed by atoms with Crippen LogP contribution in [0.25, 0.3) is 0 Å². The Balaban J connectivity index is 2.32. The summed E-state index contributed by atoms with van der Waals surface area (Å²) < 4.78 is 11.9. The maximum absolute atomic E-state index is 10.2. The molecule has 1 aromatic carbocycles. The van der Waals surface area contributed by atoms with Gasteiger partial charge in [0.1, 0.15) is 0 Å². The highest BCUT2D eigenvalue weighted by atomic mass is 16.7. The number of fused-ring (bicyclic) bond motifs is 2. The average Bonchev–Trinajstić information content (AvgIpc) is 2.79. The molecule has 6 heteroatoms. The molecule has 0 amide bonds. The van der Waals surface area contributed by atoms with Gasteiger partial charge in [-0.2, -0.15) is 15.8 Å². The lowest BCUT2D eigenvalue weighted by molar-refractivity contribution is -0.253. The Morgan fingerprint density at radius 3 is 2.23 bits per heavy atom. The van der Waals surface area contributed by atoms with Gasteiger partial charge in [-0.1, -0.05) is 44.2 Å². The molecule has 2 heterocycles. The van der Waals surface area contributed by atoms with E-state index in [4.69, 9.17) is 14.9 Å². The number of rotatable bonds is 3. The Bertz CT molecular complexity index is 847. The number of nitrogens with zero attached hydrogens (tertiary/aromatic N) is 3. The summed E-state index contributed by atoms with van der Waals surface area (Å²) in [7, 11) is 0. The number of nitriles is 3. The van der Waals surface area contributed by atoms with E-state index in [-0.39, 0.29) is 11.8 Å². The van der Waals surface area contributed by atoms with Gasteiger partial charge in [0.2, 0.25) is 11.7 Å². The minimum Gasteiger partial charge on any atom is -0.447 e. The van der Waals surface area contributed by atoms with Crippen molar-refractivity contribution in [3.8, 4) is 18.2 Å². The highest BCUT2D eigenvalue weighted by Crippen LogP contribution is 2.66. The van der Waals surface area contributed by atoms with Crippen LogP contribution < -0.4 is 0 Å². The van der Waals surface area contributed by atoms with Crippen LogP contribution in [0.1, 0.15) is 38.7 Å². The molecule has 132 valence electrons. The standard InChI is InChI=1S/C20H20N4O2/c1-13(2)9-15-19(10-21,11-22)20(12-23)16(14-7-5-4-6-8-14)18(3,25-15)26-17(20)24/h4-8,13,15-16,24H,9H2,1-3H3. The highest BCUT2D eigenvalue weighted by molar-refractivity contribution is 5.90. The lowest BCUT2D eigenvalue weighted by atomic mass is 9.52. The third kappa shape index (κ3) is 2.02. The van der Waals surface area contributed by atoms with E-state index in [1.54, 1.807) is 6.92 Å². The molecule has 2 bridgehead atoms. The first-order valence-electron chi connectivity index (χ1n) is 8.56. The molecule has 0 spiro atoms. The number of hydrogen-bond acceptors (Lipinski definition) is 6. The minimum atomic E-state index is -1.83. The topological polar surface area (TPSA) is 114 Å². The van der Waals surface area contributed by atoms with Gasteiger partial charge in [-0.25, -0.2) is 0 Å². The van der Waals surface area contributed by atoms with E-state index in [0.717, 1.165) is 0 Å². The summed E-state index contributed by atoms with van der Waals surface area (Å²) >= 11 is 0.